The van der Waals surface area contributed by atoms with Crippen LogP contribution >= 0.6 is 0 Å². The second-order valence-electron chi connectivity index (χ2n) is 2.25. The Balaban J connectivity index is 0.000000605. The third-order valence-corrected chi connectivity index (χ3v) is 1.55. The normalized spacial score (nSPS) is 11.7. The third kappa shape index (κ3) is 2.40. The summed E-state index contributed by atoms with van der Waals surface area (Å²) in [6.07, 6.45) is 4.10. The Labute approximate surface area is 93.4 Å². The van der Waals surface area contributed by atoms with Crippen molar-refractivity contribution in [2.45, 2.75) is 0 Å². The van der Waals surface area contributed by atoms with Gasteiger partial charge in [0, 0.05) is 40.0 Å². The molecule has 3 heteroatoms. The summed E-state index contributed by atoms with van der Waals surface area (Å²) in [5, 5.41) is 0. The SMILES string of the molecule is C1=Cc2ccccc2OC1.[Cr].[Cu]. The van der Waals surface area contributed by atoms with Gasteiger partial charge in [0.05, 0.1) is 0 Å². The van der Waals surface area contributed by atoms with E-state index in [0.717, 1.165) is 5.75 Å². The summed E-state index contributed by atoms with van der Waals surface area (Å²) >= 11 is 0. The topological polar surface area (TPSA) is 9.23 Å². The van der Waals surface area contributed by atoms with Gasteiger partial charge in [0.2, 0.25) is 0 Å². The van der Waals surface area contributed by atoms with Gasteiger partial charge in [-0.25, -0.2) is 0 Å². The average molecular weight is 248 g/mol. The zero-order valence-corrected chi connectivity index (χ0v) is 8.51. The van der Waals surface area contributed by atoms with Crippen molar-refractivity contribution in [2.24, 2.45) is 0 Å². The van der Waals surface area contributed by atoms with Crippen LogP contribution in [0.25, 0.3) is 6.08 Å². The molecule has 0 bridgehead atoms. The zero-order chi connectivity index (χ0) is 6.81. The van der Waals surface area contributed by atoms with Crippen LogP contribution in [-0.2, 0) is 34.4 Å². The van der Waals surface area contributed by atoms with Crippen molar-refractivity contribution in [3.05, 3.63) is 35.9 Å². The zero-order valence-electron chi connectivity index (χ0n) is 6.29. The van der Waals surface area contributed by atoms with E-state index in [4.69, 9.17) is 4.74 Å². The second-order valence-corrected chi connectivity index (χ2v) is 2.25. The van der Waals surface area contributed by atoms with Gasteiger partial charge in [-0.15, -0.1) is 0 Å². The summed E-state index contributed by atoms with van der Waals surface area (Å²) in [4.78, 5) is 0. The molecule has 0 aliphatic carbocycles. The van der Waals surface area contributed by atoms with Crippen molar-refractivity contribution in [1.29, 1.82) is 0 Å². The van der Waals surface area contributed by atoms with Crippen LogP contribution in [0.15, 0.2) is 30.3 Å². The number of rotatable bonds is 0. The molecular weight excluding hydrogens is 240 g/mol. The Kier molecular flexibility index (Phi) is 5.37. The molecule has 1 radical (unpaired) electrons. The van der Waals surface area contributed by atoms with E-state index in [1.807, 2.05) is 30.3 Å². The molecule has 0 fully saturated rings. The van der Waals surface area contributed by atoms with Crippen LogP contribution in [0.5, 0.6) is 5.75 Å². The smallest absolute Gasteiger partial charge is 0.126 e. The molecule has 0 saturated carbocycles. The Morgan fingerprint density at radius 2 is 1.92 bits per heavy atom. The first kappa shape index (κ1) is 11.8. The number of fused-ring (bicyclic) bond motifs is 1. The van der Waals surface area contributed by atoms with Gasteiger partial charge in [0.15, 0.2) is 0 Å². The average Bonchev–Trinajstić information content (AvgIpc) is 2.05. The van der Waals surface area contributed by atoms with Gasteiger partial charge < -0.3 is 4.74 Å². The van der Waals surface area contributed by atoms with Gasteiger partial charge in [-0.3, -0.25) is 0 Å². The predicted octanol–water partition coefficient (Wildman–Crippen LogP) is 2.09. The van der Waals surface area contributed by atoms with Crippen molar-refractivity contribution in [2.75, 3.05) is 6.61 Å². The quantitative estimate of drug-likeness (QED) is 0.638. The Morgan fingerprint density at radius 1 is 1.17 bits per heavy atom. The molecular formula is C9H8CrCuO. The molecule has 0 spiro atoms. The van der Waals surface area contributed by atoms with Gasteiger partial charge in [-0.1, -0.05) is 24.3 Å². The summed E-state index contributed by atoms with van der Waals surface area (Å²) in [5.74, 6) is 0.991. The fourth-order valence-electron chi connectivity index (χ4n) is 1.06. The second kappa shape index (κ2) is 5.46. The van der Waals surface area contributed by atoms with Gasteiger partial charge in [-0.05, 0) is 12.1 Å². The van der Waals surface area contributed by atoms with Crippen LogP contribution in [0, 0.1) is 0 Å². The molecule has 0 aromatic heterocycles. The number of ether oxygens (including phenoxy) is 1. The van der Waals surface area contributed by atoms with Crippen molar-refractivity contribution >= 4 is 6.08 Å². The molecule has 2 rings (SSSR count). The van der Waals surface area contributed by atoms with Crippen LogP contribution in [0.4, 0.5) is 0 Å². The maximum Gasteiger partial charge on any atom is 0.126 e. The van der Waals surface area contributed by atoms with Crippen LogP contribution in [0.2, 0.25) is 0 Å². The molecule has 0 N–H and O–H groups in total. The minimum absolute atomic E-state index is 0. The van der Waals surface area contributed by atoms with E-state index in [2.05, 4.69) is 6.08 Å². The van der Waals surface area contributed by atoms with Crippen LogP contribution in [-0.4, -0.2) is 6.61 Å². The van der Waals surface area contributed by atoms with Gasteiger partial charge in [0.1, 0.15) is 12.4 Å². The van der Waals surface area contributed by atoms with Crippen molar-refractivity contribution < 1.29 is 39.2 Å². The van der Waals surface area contributed by atoms with Crippen molar-refractivity contribution in [3.8, 4) is 5.75 Å². The molecule has 67 valence electrons. The molecule has 1 nitrogen and oxygen atoms in total. The minimum Gasteiger partial charge on any atom is -0.489 e. The third-order valence-electron chi connectivity index (χ3n) is 1.55. The van der Waals surface area contributed by atoms with E-state index < -0.39 is 0 Å². The van der Waals surface area contributed by atoms with Gasteiger partial charge in [-0.2, -0.15) is 0 Å². The maximum atomic E-state index is 5.34. The van der Waals surface area contributed by atoms with Crippen molar-refractivity contribution in [1.82, 2.24) is 0 Å². The fourth-order valence-corrected chi connectivity index (χ4v) is 1.06. The summed E-state index contributed by atoms with van der Waals surface area (Å²) in [5.41, 5.74) is 1.17. The molecule has 0 atom stereocenters. The summed E-state index contributed by atoms with van der Waals surface area (Å²) in [7, 11) is 0. The number of benzene rings is 1. The molecule has 0 unspecified atom stereocenters. The molecule has 1 heterocycles. The molecule has 1 aromatic carbocycles. The van der Waals surface area contributed by atoms with E-state index in [1.165, 1.54) is 5.56 Å². The molecule has 1 aliphatic heterocycles. The first-order chi connectivity index (χ1) is 4.97. The molecule has 1 aliphatic rings. The maximum absolute atomic E-state index is 5.34. The van der Waals surface area contributed by atoms with Crippen LogP contribution in [0.1, 0.15) is 5.56 Å². The van der Waals surface area contributed by atoms with E-state index in [9.17, 15) is 0 Å². The number of para-hydroxylation sites is 1. The number of hydrogen-bond donors (Lipinski definition) is 0. The molecule has 0 amide bonds. The molecule has 0 saturated heterocycles. The van der Waals surface area contributed by atoms with Gasteiger partial charge >= 0.3 is 0 Å². The standard InChI is InChI=1S/C9H8O.Cr.Cu/c1-2-6-9-8(4-1)5-3-7-10-9;;/h1-6H,7H2;;. The van der Waals surface area contributed by atoms with Crippen LogP contribution < -0.4 is 4.74 Å². The van der Waals surface area contributed by atoms with E-state index >= 15 is 0 Å². The number of hydrogen-bond acceptors (Lipinski definition) is 1. The predicted molar refractivity (Wildman–Crippen MR) is 41.0 cm³/mol. The Hall–Kier alpha value is -0.188. The summed E-state index contributed by atoms with van der Waals surface area (Å²) in [6, 6.07) is 8.03. The monoisotopic (exact) mass is 247 g/mol. The molecule has 12 heavy (non-hydrogen) atoms. The first-order valence-corrected chi connectivity index (χ1v) is 3.35. The summed E-state index contributed by atoms with van der Waals surface area (Å²) < 4.78 is 5.34. The molecule has 1 aromatic rings. The fraction of sp³-hybridized carbons (Fsp3) is 0.111. The first-order valence-electron chi connectivity index (χ1n) is 3.35. The summed E-state index contributed by atoms with van der Waals surface area (Å²) in [6.45, 7) is 0.705. The minimum atomic E-state index is 0. The largest absolute Gasteiger partial charge is 0.489 e. The van der Waals surface area contributed by atoms with Crippen molar-refractivity contribution in [3.63, 3.8) is 0 Å². The Morgan fingerprint density at radius 3 is 2.67 bits per heavy atom. The van der Waals surface area contributed by atoms with Gasteiger partial charge in [0.25, 0.3) is 0 Å². The van der Waals surface area contributed by atoms with E-state index in [0.29, 0.717) is 6.61 Å². The van der Waals surface area contributed by atoms with E-state index in [1.54, 1.807) is 0 Å². The van der Waals surface area contributed by atoms with E-state index in [-0.39, 0.29) is 34.4 Å². The Bertz CT molecular complexity index is 273. The van der Waals surface area contributed by atoms with Crippen LogP contribution in [0.3, 0.4) is 0 Å².